The van der Waals surface area contributed by atoms with Crippen molar-refractivity contribution >= 4 is 5.91 Å². The lowest BCUT2D eigenvalue weighted by molar-refractivity contribution is -0.198. The molecule has 5 atom stereocenters. The summed E-state index contributed by atoms with van der Waals surface area (Å²) >= 11 is 0. The fraction of sp³-hybridized carbons (Fsp3) is 0.900. The molecule has 0 radical (unpaired) electrons. The first-order valence-corrected chi connectivity index (χ1v) is 5.46. The summed E-state index contributed by atoms with van der Waals surface area (Å²) in [5.41, 5.74) is 0. The second-order valence-corrected chi connectivity index (χ2v) is 4.37. The SMILES string of the molecule is CC(=O)N1CCC2O[C@H](CO)[C@H](O)[C@H](O)[C@H]21. The number of carbonyl (C=O) groups excluding carboxylic acids is 1. The first kappa shape index (κ1) is 11.8. The highest BCUT2D eigenvalue weighted by atomic mass is 16.5. The molecule has 0 spiro atoms. The normalized spacial score (nSPS) is 43.2. The fourth-order valence-electron chi connectivity index (χ4n) is 2.59. The van der Waals surface area contributed by atoms with Crippen molar-refractivity contribution in [2.75, 3.05) is 13.2 Å². The molecule has 0 aromatic carbocycles. The quantitative estimate of drug-likeness (QED) is 0.490. The van der Waals surface area contributed by atoms with E-state index in [9.17, 15) is 15.0 Å². The summed E-state index contributed by atoms with van der Waals surface area (Å²) < 4.78 is 5.47. The van der Waals surface area contributed by atoms with Gasteiger partial charge in [0.1, 0.15) is 18.3 Å². The Balaban J connectivity index is 2.17. The number of nitrogens with zero attached hydrogens (tertiary/aromatic N) is 1. The van der Waals surface area contributed by atoms with E-state index in [1.807, 2.05) is 0 Å². The number of ether oxygens (including phenoxy) is 1. The second-order valence-electron chi connectivity index (χ2n) is 4.37. The van der Waals surface area contributed by atoms with Gasteiger partial charge in [-0.05, 0) is 6.42 Å². The third-order valence-corrected chi connectivity index (χ3v) is 3.41. The van der Waals surface area contributed by atoms with Crippen molar-refractivity contribution in [3.8, 4) is 0 Å². The van der Waals surface area contributed by atoms with Crippen LogP contribution in [0.15, 0.2) is 0 Å². The summed E-state index contributed by atoms with van der Waals surface area (Å²) in [5, 5.41) is 28.6. The van der Waals surface area contributed by atoms with E-state index in [2.05, 4.69) is 0 Å². The molecule has 16 heavy (non-hydrogen) atoms. The molecule has 0 saturated carbocycles. The Morgan fingerprint density at radius 1 is 1.44 bits per heavy atom. The molecule has 2 rings (SSSR count). The van der Waals surface area contributed by atoms with Crippen molar-refractivity contribution in [3.05, 3.63) is 0 Å². The van der Waals surface area contributed by atoms with Crippen LogP contribution in [-0.4, -0.2) is 69.7 Å². The minimum Gasteiger partial charge on any atom is -0.394 e. The van der Waals surface area contributed by atoms with Gasteiger partial charge < -0.3 is 25.0 Å². The van der Waals surface area contributed by atoms with E-state index in [0.717, 1.165) is 0 Å². The van der Waals surface area contributed by atoms with Crippen LogP contribution in [0, 0.1) is 0 Å². The molecule has 2 saturated heterocycles. The largest absolute Gasteiger partial charge is 0.394 e. The predicted molar refractivity (Wildman–Crippen MR) is 53.6 cm³/mol. The smallest absolute Gasteiger partial charge is 0.219 e. The fourth-order valence-corrected chi connectivity index (χ4v) is 2.59. The van der Waals surface area contributed by atoms with Crippen LogP contribution in [0.1, 0.15) is 13.3 Å². The van der Waals surface area contributed by atoms with Crippen molar-refractivity contribution < 1.29 is 24.9 Å². The highest BCUT2D eigenvalue weighted by molar-refractivity contribution is 5.74. The molecule has 0 bridgehead atoms. The lowest BCUT2D eigenvalue weighted by atomic mass is 9.93. The third-order valence-electron chi connectivity index (χ3n) is 3.41. The van der Waals surface area contributed by atoms with E-state index in [-0.39, 0.29) is 18.6 Å². The average Bonchev–Trinajstić information content (AvgIpc) is 2.67. The summed E-state index contributed by atoms with van der Waals surface area (Å²) in [6, 6.07) is -0.490. The summed E-state index contributed by atoms with van der Waals surface area (Å²) in [7, 11) is 0. The Hall–Kier alpha value is -0.690. The third kappa shape index (κ3) is 1.71. The average molecular weight is 231 g/mol. The topological polar surface area (TPSA) is 90.2 Å². The van der Waals surface area contributed by atoms with E-state index in [1.165, 1.54) is 11.8 Å². The molecule has 2 aliphatic rings. The second kappa shape index (κ2) is 4.29. The van der Waals surface area contributed by atoms with Gasteiger partial charge in [-0.2, -0.15) is 0 Å². The summed E-state index contributed by atoms with van der Waals surface area (Å²) in [4.78, 5) is 12.9. The molecule has 0 aromatic rings. The zero-order valence-corrected chi connectivity index (χ0v) is 9.11. The number of hydrogen-bond acceptors (Lipinski definition) is 5. The van der Waals surface area contributed by atoms with Crippen molar-refractivity contribution in [3.63, 3.8) is 0 Å². The standard InChI is InChI=1S/C10H17NO5/c1-5(13)11-3-2-6-8(11)10(15)9(14)7(4-12)16-6/h6-10,12,14-15H,2-4H2,1H3/t6?,7-,8+,9+,10-/m1/s1. The molecule has 6 heteroatoms. The van der Waals surface area contributed by atoms with Gasteiger partial charge in [0.15, 0.2) is 0 Å². The summed E-state index contributed by atoms with van der Waals surface area (Å²) in [6.07, 6.45) is -2.62. The maximum absolute atomic E-state index is 11.3. The molecular formula is C10H17NO5. The van der Waals surface area contributed by atoms with Crippen LogP contribution >= 0.6 is 0 Å². The monoisotopic (exact) mass is 231 g/mol. The minimum absolute atomic E-state index is 0.134. The molecule has 0 aromatic heterocycles. The number of hydrogen-bond donors (Lipinski definition) is 3. The molecule has 1 amide bonds. The van der Waals surface area contributed by atoms with Crippen LogP contribution in [0.25, 0.3) is 0 Å². The van der Waals surface area contributed by atoms with Crippen molar-refractivity contribution in [2.24, 2.45) is 0 Å². The number of rotatable bonds is 1. The van der Waals surface area contributed by atoms with Gasteiger partial charge in [0.25, 0.3) is 0 Å². The van der Waals surface area contributed by atoms with Gasteiger partial charge in [-0.3, -0.25) is 4.79 Å². The lowest BCUT2D eigenvalue weighted by Crippen LogP contribution is -2.61. The molecule has 1 unspecified atom stereocenters. The number of aliphatic hydroxyl groups is 3. The van der Waals surface area contributed by atoms with Crippen LogP contribution < -0.4 is 0 Å². The van der Waals surface area contributed by atoms with Crippen LogP contribution in [-0.2, 0) is 9.53 Å². The maximum atomic E-state index is 11.3. The Bertz CT molecular complexity index is 284. The molecule has 92 valence electrons. The van der Waals surface area contributed by atoms with E-state index >= 15 is 0 Å². The number of likely N-dealkylation sites (tertiary alicyclic amines) is 1. The van der Waals surface area contributed by atoms with Gasteiger partial charge in [0, 0.05) is 13.5 Å². The predicted octanol–water partition coefficient (Wildman–Crippen LogP) is -1.91. The molecule has 6 nitrogen and oxygen atoms in total. The van der Waals surface area contributed by atoms with E-state index < -0.39 is 24.4 Å². The molecule has 2 fully saturated rings. The minimum atomic E-state index is -1.15. The van der Waals surface area contributed by atoms with Gasteiger partial charge in [-0.1, -0.05) is 0 Å². The number of amides is 1. The summed E-state index contributed by atoms with van der Waals surface area (Å²) in [6.45, 7) is 1.62. The van der Waals surface area contributed by atoms with Gasteiger partial charge >= 0.3 is 0 Å². The highest BCUT2D eigenvalue weighted by Crippen LogP contribution is 2.31. The van der Waals surface area contributed by atoms with Gasteiger partial charge in [-0.15, -0.1) is 0 Å². The van der Waals surface area contributed by atoms with Crippen LogP contribution in [0.5, 0.6) is 0 Å². The Morgan fingerprint density at radius 3 is 2.69 bits per heavy atom. The van der Waals surface area contributed by atoms with Crippen molar-refractivity contribution in [2.45, 2.75) is 43.8 Å². The zero-order valence-electron chi connectivity index (χ0n) is 9.11. The molecular weight excluding hydrogens is 214 g/mol. The molecule has 3 N–H and O–H groups in total. The summed E-state index contributed by atoms with van der Waals surface area (Å²) in [5.74, 6) is -0.134. The van der Waals surface area contributed by atoms with Crippen molar-refractivity contribution in [1.82, 2.24) is 4.90 Å². The van der Waals surface area contributed by atoms with Gasteiger partial charge in [-0.25, -0.2) is 0 Å². The zero-order chi connectivity index (χ0) is 11.9. The Labute approximate surface area is 93.4 Å². The molecule has 2 heterocycles. The van der Waals surface area contributed by atoms with E-state index in [0.29, 0.717) is 13.0 Å². The lowest BCUT2D eigenvalue weighted by Gasteiger charge is -2.41. The van der Waals surface area contributed by atoms with E-state index in [1.54, 1.807) is 0 Å². The van der Waals surface area contributed by atoms with E-state index in [4.69, 9.17) is 9.84 Å². The first-order valence-electron chi connectivity index (χ1n) is 5.46. The Morgan fingerprint density at radius 2 is 2.12 bits per heavy atom. The number of aliphatic hydroxyl groups excluding tert-OH is 3. The molecule has 0 aliphatic carbocycles. The van der Waals surface area contributed by atoms with Gasteiger partial charge in [0.2, 0.25) is 5.91 Å². The Kier molecular flexibility index (Phi) is 3.16. The van der Waals surface area contributed by atoms with Crippen molar-refractivity contribution in [1.29, 1.82) is 0 Å². The maximum Gasteiger partial charge on any atom is 0.219 e. The highest BCUT2D eigenvalue weighted by Gasteiger charge is 2.50. The van der Waals surface area contributed by atoms with Gasteiger partial charge in [0.05, 0.1) is 18.8 Å². The van der Waals surface area contributed by atoms with Crippen LogP contribution in [0.2, 0.25) is 0 Å². The number of fused-ring (bicyclic) bond motifs is 1. The first-order chi connectivity index (χ1) is 7.56. The van der Waals surface area contributed by atoms with Crippen LogP contribution in [0.3, 0.4) is 0 Å². The molecule has 2 aliphatic heterocycles. The van der Waals surface area contributed by atoms with Crippen LogP contribution in [0.4, 0.5) is 0 Å². The number of carbonyl (C=O) groups is 1.